The second kappa shape index (κ2) is 7.67. The number of ether oxygens (including phenoxy) is 1. The molecule has 0 radical (unpaired) electrons. The third-order valence-electron chi connectivity index (χ3n) is 2.35. The molecule has 0 spiro atoms. The quantitative estimate of drug-likeness (QED) is 0.661. The van der Waals surface area contributed by atoms with Crippen molar-refractivity contribution in [3.63, 3.8) is 0 Å². The van der Waals surface area contributed by atoms with Gasteiger partial charge in [0.1, 0.15) is 23.0 Å². The second-order valence-corrected chi connectivity index (χ2v) is 5.76. The van der Waals surface area contributed by atoms with E-state index in [9.17, 15) is 17.2 Å². The summed E-state index contributed by atoms with van der Waals surface area (Å²) in [5.41, 5.74) is 0. The molecule has 0 aliphatic carbocycles. The van der Waals surface area contributed by atoms with Crippen LogP contribution < -0.4 is 10.0 Å². The van der Waals surface area contributed by atoms with Gasteiger partial charge in [-0.05, 0) is 14.0 Å². The molecule has 20 heavy (non-hydrogen) atoms. The van der Waals surface area contributed by atoms with Crippen LogP contribution in [0.25, 0.3) is 0 Å². The lowest BCUT2D eigenvalue weighted by Crippen LogP contribution is -2.28. The summed E-state index contributed by atoms with van der Waals surface area (Å²) in [6.45, 7) is 1.04. The molecule has 1 heterocycles. The van der Waals surface area contributed by atoms with Gasteiger partial charge in [0.2, 0.25) is 10.0 Å². The molecule has 1 aromatic heterocycles. The SMILES string of the molecule is CNCc1cc(S(=O)(=O)NCCOCC(F)F)c(C)o1. The van der Waals surface area contributed by atoms with E-state index < -0.39 is 23.1 Å². The summed E-state index contributed by atoms with van der Waals surface area (Å²) in [5, 5.41) is 2.85. The maximum absolute atomic E-state index is 12.0. The molecule has 0 bridgehead atoms. The Balaban J connectivity index is 2.55. The highest BCUT2D eigenvalue weighted by Crippen LogP contribution is 2.19. The summed E-state index contributed by atoms with van der Waals surface area (Å²) >= 11 is 0. The number of hydrogen-bond donors (Lipinski definition) is 2. The van der Waals surface area contributed by atoms with Crippen LogP contribution in [0.3, 0.4) is 0 Å². The minimum atomic E-state index is -3.73. The van der Waals surface area contributed by atoms with Crippen molar-refractivity contribution in [3.8, 4) is 0 Å². The third-order valence-corrected chi connectivity index (χ3v) is 3.91. The molecule has 0 aliphatic heterocycles. The van der Waals surface area contributed by atoms with Crippen LogP contribution in [0, 0.1) is 6.92 Å². The van der Waals surface area contributed by atoms with Crippen molar-refractivity contribution in [2.75, 3.05) is 26.8 Å². The average molecular weight is 312 g/mol. The number of aryl methyl sites for hydroxylation is 1. The van der Waals surface area contributed by atoms with Crippen LogP contribution in [0.4, 0.5) is 8.78 Å². The van der Waals surface area contributed by atoms with Gasteiger partial charge in [-0.25, -0.2) is 21.9 Å². The van der Waals surface area contributed by atoms with E-state index in [0.29, 0.717) is 12.3 Å². The minimum Gasteiger partial charge on any atom is -0.464 e. The number of nitrogens with one attached hydrogen (secondary N) is 2. The molecule has 1 aromatic rings. The van der Waals surface area contributed by atoms with Crippen molar-refractivity contribution < 1.29 is 26.4 Å². The Morgan fingerprint density at radius 1 is 1.45 bits per heavy atom. The van der Waals surface area contributed by atoms with E-state index in [-0.39, 0.29) is 23.8 Å². The molecule has 116 valence electrons. The molecule has 0 unspecified atom stereocenters. The van der Waals surface area contributed by atoms with E-state index in [4.69, 9.17) is 4.42 Å². The Hall–Kier alpha value is -1.03. The van der Waals surface area contributed by atoms with Crippen LogP contribution in [-0.2, 0) is 21.3 Å². The maximum atomic E-state index is 12.0. The molecule has 0 atom stereocenters. The van der Waals surface area contributed by atoms with Crippen molar-refractivity contribution in [2.24, 2.45) is 0 Å². The van der Waals surface area contributed by atoms with Gasteiger partial charge in [-0.15, -0.1) is 0 Å². The fourth-order valence-corrected chi connectivity index (χ4v) is 2.77. The number of furan rings is 1. The second-order valence-electron chi connectivity index (χ2n) is 4.03. The largest absolute Gasteiger partial charge is 0.464 e. The van der Waals surface area contributed by atoms with E-state index in [1.165, 1.54) is 6.07 Å². The van der Waals surface area contributed by atoms with Gasteiger partial charge in [-0.2, -0.15) is 0 Å². The summed E-state index contributed by atoms with van der Waals surface area (Å²) in [4.78, 5) is 0.0385. The van der Waals surface area contributed by atoms with Gasteiger partial charge < -0.3 is 14.5 Å². The van der Waals surface area contributed by atoms with Gasteiger partial charge in [-0.1, -0.05) is 0 Å². The van der Waals surface area contributed by atoms with Gasteiger partial charge in [-0.3, -0.25) is 0 Å². The lowest BCUT2D eigenvalue weighted by molar-refractivity contribution is 0.0199. The van der Waals surface area contributed by atoms with Gasteiger partial charge in [0.25, 0.3) is 6.43 Å². The zero-order chi connectivity index (χ0) is 15.2. The third kappa shape index (κ3) is 5.16. The minimum absolute atomic E-state index is 0.0385. The standard InChI is InChI=1S/C11H18F2N2O4S/c1-8-10(5-9(19-8)6-14-2)20(16,17)15-3-4-18-7-11(12)13/h5,11,14-15H,3-4,6-7H2,1-2H3. The Kier molecular flexibility index (Phi) is 6.53. The van der Waals surface area contributed by atoms with Gasteiger partial charge in [0.15, 0.2) is 0 Å². The van der Waals surface area contributed by atoms with Crippen LogP contribution in [-0.4, -0.2) is 41.6 Å². The zero-order valence-electron chi connectivity index (χ0n) is 11.3. The molecule has 0 saturated carbocycles. The Bertz CT molecular complexity index is 516. The number of halogens is 2. The fourth-order valence-electron chi connectivity index (χ4n) is 1.55. The molecule has 0 aliphatic rings. The number of rotatable bonds is 9. The molecule has 0 amide bonds. The summed E-state index contributed by atoms with van der Waals surface area (Å²) in [7, 11) is -2.02. The lowest BCUT2D eigenvalue weighted by Gasteiger charge is -2.06. The zero-order valence-corrected chi connectivity index (χ0v) is 12.1. The average Bonchev–Trinajstić information content (AvgIpc) is 2.70. The van der Waals surface area contributed by atoms with Crippen molar-refractivity contribution in [1.82, 2.24) is 10.0 Å². The number of alkyl halides is 2. The first kappa shape index (κ1) is 17.0. The first-order valence-corrected chi connectivity index (χ1v) is 7.44. The predicted molar refractivity (Wildman–Crippen MR) is 68.2 cm³/mol. The summed E-state index contributed by atoms with van der Waals surface area (Å²) in [5.74, 6) is 0.774. The monoisotopic (exact) mass is 312 g/mol. The van der Waals surface area contributed by atoms with Crippen molar-refractivity contribution >= 4 is 10.0 Å². The first-order valence-electron chi connectivity index (χ1n) is 5.96. The molecule has 6 nitrogen and oxygen atoms in total. The number of sulfonamides is 1. The Morgan fingerprint density at radius 3 is 2.75 bits per heavy atom. The topological polar surface area (TPSA) is 80.6 Å². The molecule has 9 heteroatoms. The molecule has 0 aromatic carbocycles. The van der Waals surface area contributed by atoms with Crippen molar-refractivity contribution in [2.45, 2.75) is 24.8 Å². The van der Waals surface area contributed by atoms with Gasteiger partial charge in [0.05, 0.1) is 13.2 Å². The molecule has 0 fully saturated rings. The molecule has 0 saturated heterocycles. The molecule has 2 N–H and O–H groups in total. The van der Waals surface area contributed by atoms with E-state index in [1.54, 1.807) is 14.0 Å². The lowest BCUT2D eigenvalue weighted by atomic mass is 10.4. The Labute approximate surface area is 116 Å². The molecular formula is C11H18F2N2O4S. The highest BCUT2D eigenvalue weighted by Gasteiger charge is 2.20. The van der Waals surface area contributed by atoms with E-state index in [2.05, 4.69) is 14.8 Å². The van der Waals surface area contributed by atoms with E-state index >= 15 is 0 Å². The highest BCUT2D eigenvalue weighted by molar-refractivity contribution is 7.89. The van der Waals surface area contributed by atoms with E-state index in [0.717, 1.165) is 0 Å². The van der Waals surface area contributed by atoms with Crippen LogP contribution in [0.5, 0.6) is 0 Å². The summed E-state index contributed by atoms with van der Waals surface area (Å²) < 4.78 is 59.7. The highest BCUT2D eigenvalue weighted by atomic mass is 32.2. The van der Waals surface area contributed by atoms with Crippen molar-refractivity contribution in [1.29, 1.82) is 0 Å². The smallest absolute Gasteiger partial charge is 0.261 e. The van der Waals surface area contributed by atoms with Gasteiger partial charge in [0, 0.05) is 12.6 Å². The van der Waals surface area contributed by atoms with Crippen LogP contribution >= 0.6 is 0 Å². The van der Waals surface area contributed by atoms with Crippen LogP contribution in [0.15, 0.2) is 15.4 Å². The Morgan fingerprint density at radius 2 is 2.15 bits per heavy atom. The molecular weight excluding hydrogens is 294 g/mol. The maximum Gasteiger partial charge on any atom is 0.261 e. The normalized spacial score (nSPS) is 12.2. The number of hydrogen-bond acceptors (Lipinski definition) is 5. The molecule has 1 rings (SSSR count). The predicted octanol–water partition coefficient (Wildman–Crippen LogP) is 0.867. The van der Waals surface area contributed by atoms with E-state index in [1.807, 2.05) is 0 Å². The summed E-state index contributed by atoms with van der Waals surface area (Å²) in [6, 6.07) is 1.42. The van der Waals surface area contributed by atoms with Crippen LogP contribution in [0.1, 0.15) is 11.5 Å². The van der Waals surface area contributed by atoms with Crippen molar-refractivity contribution in [3.05, 3.63) is 17.6 Å². The fraction of sp³-hybridized carbons (Fsp3) is 0.636. The summed E-state index contributed by atoms with van der Waals surface area (Å²) in [6.07, 6.45) is -2.56. The van der Waals surface area contributed by atoms with Crippen LogP contribution in [0.2, 0.25) is 0 Å². The first-order chi connectivity index (χ1) is 9.36. The van der Waals surface area contributed by atoms with Gasteiger partial charge >= 0.3 is 0 Å².